The minimum Gasteiger partial charge on any atom is -0.463 e. The minimum atomic E-state index is -4.26. The van der Waals surface area contributed by atoms with E-state index in [-0.39, 0.29) is 25.7 Å². The third-order valence-corrected chi connectivity index (χ3v) is 9.70. The Morgan fingerprint density at radius 2 is 0.893 bits per heavy atom. The number of allylic oxidation sites excluding steroid dienone is 16. The number of nitrogens with two attached hydrogens (primary N) is 1. The predicted octanol–water partition coefficient (Wildman–Crippen LogP) is 12.8. The fourth-order valence-electron chi connectivity index (χ4n) is 5.53. The summed E-state index contributed by atoms with van der Waals surface area (Å²) in [5, 5.41) is 9.77. The minimum absolute atomic E-state index is 0.0711. The second-order valence-electron chi connectivity index (χ2n) is 14.0. The fraction of sp³-hybridized carbons (Fsp3) is 0.638. The van der Waals surface area contributed by atoms with Gasteiger partial charge in [-0.15, -0.1) is 0 Å². The van der Waals surface area contributed by atoms with Gasteiger partial charge in [0.1, 0.15) is 12.7 Å². The summed E-state index contributed by atoms with van der Waals surface area (Å²) in [6.07, 6.45) is 61.7. The van der Waals surface area contributed by atoms with Crippen LogP contribution in [0.2, 0.25) is 0 Å². The summed E-state index contributed by atoms with van der Waals surface area (Å²) in [7, 11) is -4.26. The van der Waals surface area contributed by atoms with Gasteiger partial charge in [0, 0.05) is 13.0 Å². The number of aliphatic hydroxyl groups is 1. The number of aliphatic hydroxyl groups excluding tert-OH is 1. The predicted molar refractivity (Wildman–Crippen MR) is 237 cm³/mol. The molecular weight excluding hydrogens is 721 g/mol. The van der Waals surface area contributed by atoms with Crippen LogP contribution in [-0.2, 0) is 23.1 Å². The molecule has 0 saturated carbocycles. The van der Waals surface area contributed by atoms with Crippen LogP contribution >= 0.6 is 7.82 Å². The molecule has 0 heterocycles. The maximum atomic E-state index is 11.9. The molecule has 9 heteroatoms. The first-order valence-electron chi connectivity index (χ1n) is 21.8. The normalized spacial score (nSPS) is 14.4. The van der Waals surface area contributed by atoms with Gasteiger partial charge < -0.3 is 20.5 Å². The molecule has 0 aliphatic carbocycles. The number of hydrogen-bond acceptors (Lipinski definition) is 7. The van der Waals surface area contributed by atoms with Crippen molar-refractivity contribution in [3.63, 3.8) is 0 Å². The summed E-state index contributed by atoms with van der Waals surface area (Å²) in [6.45, 7) is 1.33. The monoisotopic (exact) mass is 802 g/mol. The van der Waals surface area contributed by atoms with E-state index in [4.69, 9.17) is 10.5 Å². The number of carbonyl (C=O) groups is 1. The molecule has 4 N–H and O–H groups in total. The molecule has 2 unspecified atom stereocenters. The molecule has 0 aromatic rings. The Bertz CT molecular complexity index is 1170. The zero-order valence-corrected chi connectivity index (χ0v) is 36.0. The number of hydrogen-bond donors (Lipinski definition) is 3. The molecule has 0 rings (SSSR count). The van der Waals surface area contributed by atoms with Crippen molar-refractivity contribution in [3.05, 3.63) is 97.2 Å². The van der Waals surface area contributed by atoms with Crippen LogP contribution in [0.4, 0.5) is 0 Å². The number of ether oxygens (including phenoxy) is 1. The Kier molecular flexibility index (Phi) is 41.5. The first-order chi connectivity index (χ1) is 27.4. The molecule has 0 aromatic heterocycles. The smallest absolute Gasteiger partial charge is 0.463 e. The maximum Gasteiger partial charge on any atom is 0.472 e. The van der Waals surface area contributed by atoms with Gasteiger partial charge in [0.15, 0.2) is 0 Å². The van der Waals surface area contributed by atoms with Crippen molar-refractivity contribution in [2.24, 2.45) is 5.73 Å². The zero-order chi connectivity index (χ0) is 40.9. The second-order valence-corrected chi connectivity index (χ2v) is 15.5. The van der Waals surface area contributed by atoms with E-state index in [9.17, 15) is 19.4 Å². The van der Waals surface area contributed by atoms with Crippen LogP contribution < -0.4 is 5.73 Å². The van der Waals surface area contributed by atoms with Crippen LogP contribution in [0, 0.1) is 0 Å². The van der Waals surface area contributed by atoms with Gasteiger partial charge >= 0.3 is 13.8 Å². The van der Waals surface area contributed by atoms with Gasteiger partial charge in [-0.2, -0.15) is 0 Å². The van der Waals surface area contributed by atoms with Crippen LogP contribution in [0.15, 0.2) is 97.2 Å². The van der Waals surface area contributed by atoms with Gasteiger partial charge in [-0.1, -0.05) is 181 Å². The summed E-state index contributed by atoms with van der Waals surface area (Å²) in [5.41, 5.74) is 5.20. The van der Waals surface area contributed by atoms with E-state index in [1.165, 1.54) is 77.0 Å². The van der Waals surface area contributed by atoms with Crippen molar-refractivity contribution in [2.75, 3.05) is 26.4 Å². The van der Waals surface area contributed by atoms with E-state index < -0.39 is 20.5 Å². The molecule has 0 amide bonds. The first kappa shape index (κ1) is 53.4. The lowest BCUT2D eigenvalue weighted by Gasteiger charge is -2.15. The van der Waals surface area contributed by atoms with Gasteiger partial charge in [-0.3, -0.25) is 13.8 Å². The molecule has 0 aliphatic heterocycles. The highest BCUT2D eigenvalue weighted by molar-refractivity contribution is 7.47. The number of unbranched alkanes of at least 4 members (excludes halogenated alkanes) is 14. The molecule has 8 nitrogen and oxygen atoms in total. The zero-order valence-electron chi connectivity index (χ0n) is 35.1. The number of phosphoric ester groups is 1. The lowest BCUT2D eigenvalue weighted by Crippen LogP contribution is -2.23. The number of carbonyl (C=O) groups excluding carboxylic acids is 1. The summed E-state index contributed by atoms with van der Waals surface area (Å²) < 4.78 is 25.7. The van der Waals surface area contributed by atoms with E-state index in [2.05, 4.69) is 113 Å². The van der Waals surface area contributed by atoms with Crippen LogP contribution in [0.3, 0.4) is 0 Å². The van der Waals surface area contributed by atoms with Crippen LogP contribution in [-0.4, -0.2) is 48.4 Å². The molecule has 0 spiro atoms. The van der Waals surface area contributed by atoms with Gasteiger partial charge in [0.2, 0.25) is 0 Å². The first-order valence-corrected chi connectivity index (χ1v) is 23.3. The SMILES string of the molecule is CC/C=C\C/C=C\C/C=C\C/C=C\C/C=C\C/C=C\C/C=C\C/C=C\CCCCCCCCCCCCCCCCC(=O)OCC(O)COP(=O)(O)OCCN. The average molecular weight is 802 g/mol. The van der Waals surface area contributed by atoms with Crippen molar-refractivity contribution in [1.82, 2.24) is 0 Å². The van der Waals surface area contributed by atoms with Gasteiger partial charge in [-0.05, 0) is 70.6 Å². The number of rotatable bonds is 40. The Hall–Kier alpha value is -2.58. The summed E-state index contributed by atoms with van der Waals surface area (Å²) in [4.78, 5) is 21.2. The molecule has 0 bridgehead atoms. The Labute approximate surface area is 342 Å². The topological polar surface area (TPSA) is 128 Å². The molecule has 320 valence electrons. The third-order valence-electron chi connectivity index (χ3n) is 8.71. The van der Waals surface area contributed by atoms with Crippen LogP contribution in [0.1, 0.15) is 161 Å². The number of esters is 1. The average Bonchev–Trinajstić information content (AvgIpc) is 3.19. The van der Waals surface area contributed by atoms with E-state index in [0.717, 1.165) is 70.6 Å². The Morgan fingerprint density at radius 3 is 1.29 bits per heavy atom. The van der Waals surface area contributed by atoms with E-state index in [1.54, 1.807) is 0 Å². The second kappa shape index (κ2) is 43.5. The number of phosphoric acid groups is 1. The highest BCUT2D eigenvalue weighted by atomic mass is 31.2. The Morgan fingerprint density at radius 1 is 0.536 bits per heavy atom. The molecular formula is C47H80NO7P. The molecule has 0 saturated heterocycles. The molecule has 0 aromatic carbocycles. The highest BCUT2D eigenvalue weighted by Crippen LogP contribution is 2.42. The van der Waals surface area contributed by atoms with Gasteiger partial charge in [-0.25, -0.2) is 4.57 Å². The van der Waals surface area contributed by atoms with Crippen molar-refractivity contribution in [1.29, 1.82) is 0 Å². The van der Waals surface area contributed by atoms with Crippen molar-refractivity contribution >= 4 is 13.8 Å². The summed E-state index contributed by atoms with van der Waals surface area (Å²) >= 11 is 0. The van der Waals surface area contributed by atoms with Crippen molar-refractivity contribution < 1.29 is 33.1 Å². The quantitative estimate of drug-likeness (QED) is 0.0242. The van der Waals surface area contributed by atoms with Crippen LogP contribution in [0.5, 0.6) is 0 Å². The van der Waals surface area contributed by atoms with E-state index >= 15 is 0 Å². The molecule has 0 fully saturated rings. The van der Waals surface area contributed by atoms with Crippen molar-refractivity contribution in [3.8, 4) is 0 Å². The third kappa shape index (κ3) is 44.1. The molecule has 0 aliphatic rings. The summed E-state index contributed by atoms with van der Waals surface area (Å²) in [6, 6.07) is 0. The Balaban J connectivity index is 3.45. The highest BCUT2D eigenvalue weighted by Gasteiger charge is 2.22. The van der Waals surface area contributed by atoms with Crippen LogP contribution in [0.25, 0.3) is 0 Å². The maximum absolute atomic E-state index is 11.9. The van der Waals surface area contributed by atoms with E-state index in [0.29, 0.717) is 6.42 Å². The lowest BCUT2D eigenvalue weighted by molar-refractivity contribution is -0.147. The standard InChI is InChI=1S/C47H80NO7P/c1-2-3-4-5-6-7-8-9-10-11-12-13-14-15-16-17-18-19-20-21-22-23-24-25-26-27-28-29-30-31-32-33-34-35-36-37-38-39-40-41-47(50)53-44-46(49)45-55-56(51,52)54-43-42-48/h3-4,6-7,9-10,12-13,15-16,18-19,21-22,24-25,46,49H,2,5,8,11,14,17,20,23,26-45,48H2,1H3,(H,51,52)/b4-3-,7-6-,10-9-,13-12-,16-15-,19-18-,22-21-,25-24-. The molecule has 56 heavy (non-hydrogen) atoms. The largest absolute Gasteiger partial charge is 0.472 e. The lowest BCUT2D eigenvalue weighted by atomic mass is 10.0. The molecule has 2 atom stereocenters. The molecule has 0 radical (unpaired) electrons. The van der Waals surface area contributed by atoms with Crippen molar-refractivity contribution in [2.45, 2.75) is 167 Å². The van der Waals surface area contributed by atoms with Gasteiger partial charge in [0.25, 0.3) is 0 Å². The summed E-state index contributed by atoms with van der Waals surface area (Å²) in [5.74, 6) is -0.389. The van der Waals surface area contributed by atoms with Gasteiger partial charge in [0.05, 0.1) is 13.2 Å². The van der Waals surface area contributed by atoms with E-state index in [1.807, 2.05) is 0 Å². The fourth-order valence-corrected chi connectivity index (χ4v) is 6.30.